The third-order valence-corrected chi connectivity index (χ3v) is 6.47. The van der Waals surface area contributed by atoms with Gasteiger partial charge in [-0.1, -0.05) is 12.1 Å². The lowest BCUT2D eigenvalue weighted by molar-refractivity contribution is -0.128. The van der Waals surface area contributed by atoms with Crippen molar-refractivity contribution in [2.75, 3.05) is 39.9 Å². The lowest BCUT2D eigenvalue weighted by atomic mass is 9.77. The smallest absolute Gasteiger partial charge is 0.223 e. The number of rotatable bonds is 6. The van der Waals surface area contributed by atoms with Crippen molar-refractivity contribution in [2.24, 2.45) is 5.41 Å². The van der Waals surface area contributed by atoms with E-state index in [1.807, 2.05) is 0 Å². The maximum atomic E-state index is 12.4. The monoisotopic (exact) mass is 372 g/mol. The molecule has 0 aromatic heterocycles. The van der Waals surface area contributed by atoms with Gasteiger partial charge >= 0.3 is 0 Å². The van der Waals surface area contributed by atoms with Crippen LogP contribution < -0.4 is 4.74 Å². The predicted octanol–water partition coefficient (Wildman–Crippen LogP) is 2.86. The van der Waals surface area contributed by atoms with Gasteiger partial charge in [0.15, 0.2) is 0 Å². The number of fused-ring (bicyclic) bond motifs is 1. The number of methoxy groups -OCH3 is 1. The number of ether oxygens (including phenoxy) is 2. The Morgan fingerprint density at radius 3 is 2.89 bits per heavy atom. The van der Waals surface area contributed by atoms with Crippen molar-refractivity contribution in [3.05, 3.63) is 29.3 Å². The molecule has 0 radical (unpaired) electrons. The highest BCUT2D eigenvalue weighted by atomic mass is 16.5. The molecule has 2 fully saturated rings. The molecule has 3 aliphatic heterocycles. The van der Waals surface area contributed by atoms with Crippen LogP contribution in [-0.4, -0.2) is 61.7 Å². The van der Waals surface area contributed by atoms with Crippen molar-refractivity contribution in [3.63, 3.8) is 0 Å². The number of hydrogen-bond acceptors (Lipinski definition) is 4. The second-order valence-electron chi connectivity index (χ2n) is 8.69. The van der Waals surface area contributed by atoms with Gasteiger partial charge in [0.1, 0.15) is 11.9 Å². The average molecular weight is 373 g/mol. The summed E-state index contributed by atoms with van der Waals surface area (Å²) < 4.78 is 10.9. The zero-order valence-corrected chi connectivity index (χ0v) is 16.7. The molecule has 1 spiro atoms. The van der Waals surface area contributed by atoms with Gasteiger partial charge in [0.25, 0.3) is 0 Å². The Bertz CT molecular complexity index is 682. The second-order valence-corrected chi connectivity index (χ2v) is 8.69. The van der Waals surface area contributed by atoms with E-state index in [2.05, 4.69) is 34.9 Å². The van der Waals surface area contributed by atoms with E-state index in [-0.39, 0.29) is 5.41 Å². The first-order valence-electron chi connectivity index (χ1n) is 10.3. The van der Waals surface area contributed by atoms with E-state index in [1.165, 1.54) is 11.1 Å². The fourth-order valence-electron chi connectivity index (χ4n) is 4.94. The quantitative estimate of drug-likeness (QED) is 0.720. The van der Waals surface area contributed by atoms with E-state index in [0.29, 0.717) is 12.0 Å². The molecule has 5 heteroatoms. The van der Waals surface area contributed by atoms with Crippen LogP contribution >= 0.6 is 0 Å². The Labute approximate surface area is 162 Å². The highest BCUT2D eigenvalue weighted by Gasteiger charge is 2.44. The SMILES string of the molecule is COCCCN1CC2(CCN(Cc3ccc4c(c3)CC(C)O4)CC2)CC1=O. The van der Waals surface area contributed by atoms with Crippen LogP contribution in [0.25, 0.3) is 0 Å². The molecular formula is C22H32N2O3. The van der Waals surface area contributed by atoms with Crippen LogP contribution in [0.1, 0.15) is 43.7 Å². The van der Waals surface area contributed by atoms with Crippen molar-refractivity contribution >= 4 is 5.91 Å². The van der Waals surface area contributed by atoms with E-state index < -0.39 is 0 Å². The second kappa shape index (κ2) is 7.80. The number of carbonyl (C=O) groups excluding carboxylic acids is 1. The summed E-state index contributed by atoms with van der Waals surface area (Å²) in [6.07, 6.45) is 5.26. The van der Waals surface area contributed by atoms with Gasteiger partial charge < -0.3 is 14.4 Å². The lowest BCUT2D eigenvalue weighted by Crippen LogP contribution is -2.41. The third kappa shape index (κ3) is 4.14. The first kappa shape index (κ1) is 18.8. The highest BCUT2D eigenvalue weighted by Crippen LogP contribution is 2.41. The van der Waals surface area contributed by atoms with Gasteiger partial charge in [0.2, 0.25) is 5.91 Å². The van der Waals surface area contributed by atoms with Gasteiger partial charge in [-0.3, -0.25) is 9.69 Å². The lowest BCUT2D eigenvalue weighted by Gasteiger charge is -2.39. The molecule has 0 aliphatic carbocycles. The minimum absolute atomic E-state index is 0.210. The van der Waals surface area contributed by atoms with Crippen LogP contribution in [0.2, 0.25) is 0 Å². The molecular weight excluding hydrogens is 340 g/mol. The Kier molecular flexibility index (Phi) is 5.42. The van der Waals surface area contributed by atoms with E-state index >= 15 is 0 Å². The number of likely N-dealkylation sites (tertiary alicyclic amines) is 2. The standard InChI is InChI=1S/C22H32N2O3/c1-17-12-19-13-18(4-5-20(19)27-17)15-23-9-6-22(7-10-23)14-21(25)24(16-22)8-3-11-26-2/h4-5,13,17H,3,6-12,14-16H2,1-2H3. The molecule has 2 saturated heterocycles. The third-order valence-electron chi connectivity index (χ3n) is 6.47. The summed E-state index contributed by atoms with van der Waals surface area (Å²) in [5.41, 5.74) is 2.94. The number of carbonyl (C=O) groups is 1. The van der Waals surface area contributed by atoms with Gasteiger partial charge in [-0.05, 0) is 61.9 Å². The van der Waals surface area contributed by atoms with Crippen molar-refractivity contribution in [2.45, 2.75) is 51.7 Å². The number of amides is 1. The van der Waals surface area contributed by atoms with Gasteiger partial charge in [0, 0.05) is 46.2 Å². The van der Waals surface area contributed by atoms with Crippen molar-refractivity contribution in [1.82, 2.24) is 9.80 Å². The largest absolute Gasteiger partial charge is 0.490 e. The van der Waals surface area contributed by atoms with Crippen LogP contribution in [0.5, 0.6) is 5.75 Å². The normalized spacial score (nSPS) is 24.4. The fraction of sp³-hybridized carbons (Fsp3) is 0.682. The Hall–Kier alpha value is -1.59. The molecule has 1 aromatic rings. The first-order valence-corrected chi connectivity index (χ1v) is 10.3. The molecule has 148 valence electrons. The predicted molar refractivity (Wildman–Crippen MR) is 105 cm³/mol. The van der Waals surface area contributed by atoms with Gasteiger partial charge in [-0.2, -0.15) is 0 Å². The molecule has 27 heavy (non-hydrogen) atoms. The van der Waals surface area contributed by atoms with Crippen LogP contribution in [0, 0.1) is 5.41 Å². The van der Waals surface area contributed by atoms with Crippen LogP contribution in [0.4, 0.5) is 0 Å². The molecule has 3 aliphatic rings. The average Bonchev–Trinajstić information content (AvgIpc) is 3.16. The molecule has 0 saturated carbocycles. The molecule has 5 nitrogen and oxygen atoms in total. The van der Waals surface area contributed by atoms with Crippen LogP contribution in [-0.2, 0) is 22.5 Å². The number of benzene rings is 1. The number of piperidine rings is 1. The van der Waals surface area contributed by atoms with Crippen molar-refractivity contribution in [3.8, 4) is 5.75 Å². The molecule has 3 heterocycles. The highest BCUT2D eigenvalue weighted by molar-refractivity contribution is 5.79. The van der Waals surface area contributed by atoms with E-state index in [0.717, 1.165) is 77.2 Å². The summed E-state index contributed by atoms with van der Waals surface area (Å²) in [6, 6.07) is 6.66. The van der Waals surface area contributed by atoms with E-state index in [1.54, 1.807) is 7.11 Å². The molecule has 0 bridgehead atoms. The van der Waals surface area contributed by atoms with Crippen molar-refractivity contribution in [1.29, 1.82) is 0 Å². The minimum Gasteiger partial charge on any atom is -0.490 e. The Morgan fingerprint density at radius 1 is 1.30 bits per heavy atom. The van der Waals surface area contributed by atoms with E-state index in [4.69, 9.17) is 9.47 Å². The summed E-state index contributed by atoms with van der Waals surface area (Å²) in [5, 5.41) is 0. The number of hydrogen-bond donors (Lipinski definition) is 0. The summed E-state index contributed by atoms with van der Waals surface area (Å²) in [7, 11) is 1.72. The Morgan fingerprint density at radius 2 is 2.11 bits per heavy atom. The maximum Gasteiger partial charge on any atom is 0.223 e. The zero-order valence-electron chi connectivity index (χ0n) is 16.7. The summed E-state index contributed by atoms with van der Waals surface area (Å²) in [4.78, 5) is 17.0. The Balaban J connectivity index is 1.29. The number of nitrogens with zero attached hydrogens (tertiary/aromatic N) is 2. The van der Waals surface area contributed by atoms with Gasteiger partial charge in [-0.15, -0.1) is 0 Å². The molecule has 1 atom stereocenters. The summed E-state index contributed by atoms with van der Waals surface area (Å²) >= 11 is 0. The molecule has 0 N–H and O–H groups in total. The minimum atomic E-state index is 0.210. The molecule has 4 rings (SSSR count). The molecule has 1 unspecified atom stereocenters. The van der Waals surface area contributed by atoms with Crippen molar-refractivity contribution < 1.29 is 14.3 Å². The topological polar surface area (TPSA) is 42.0 Å². The maximum absolute atomic E-state index is 12.4. The van der Waals surface area contributed by atoms with Crippen LogP contribution in [0.15, 0.2) is 18.2 Å². The first-order chi connectivity index (χ1) is 13.1. The molecule has 1 aromatic carbocycles. The van der Waals surface area contributed by atoms with Gasteiger partial charge in [0.05, 0.1) is 0 Å². The van der Waals surface area contributed by atoms with Gasteiger partial charge in [-0.25, -0.2) is 0 Å². The van der Waals surface area contributed by atoms with E-state index in [9.17, 15) is 4.79 Å². The summed E-state index contributed by atoms with van der Waals surface area (Å²) in [6.45, 7) is 7.82. The molecule has 1 amide bonds. The summed E-state index contributed by atoms with van der Waals surface area (Å²) in [5.74, 6) is 1.40. The fourth-order valence-corrected chi connectivity index (χ4v) is 4.94. The van der Waals surface area contributed by atoms with Crippen LogP contribution in [0.3, 0.4) is 0 Å². The zero-order chi connectivity index (χ0) is 18.9.